The van der Waals surface area contributed by atoms with Crippen LogP contribution in [0.25, 0.3) is 10.9 Å². The molecule has 0 spiro atoms. The Bertz CT molecular complexity index is 1510. The van der Waals surface area contributed by atoms with Crippen LogP contribution in [0.3, 0.4) is 0 Å². The fourth-order valence-corrected chi connectivity index (χ4v) is 4.43. The number of nitrogens with zero attached hydrogens (tertiary/aromatic N) is 1. The standard InChI is InChI=1S/C31H34ClN3O5/c1-18-7-9-21(10-8-18)34-29(36)31(3,4)30(37)35-25-13-19(2)20(14-23(25)32)17-40-26-11-12-33-24-16-28(39-6)27(38-5)15-22(24)26/h7,9-16,18H,8,17H2,1-6H3,(H,34,36)(H,35,37)/t18-/m1/s1. The van der Waals surface area contributed by atoms with Crippen LogP contribution in [0.5, 0.6) is 17.2 Å². The number of anilines is 1. The average Bonchev–Trinajstić information content (AvgIpc) is 2.94. The maximum atomic E-state index is 13.1. The number of carbonyl (C=O) groups is 2. The van der Waals surface area contributed by atoms with Crippen molar-refractivity contribution < 1.29 is 23.8 Å². The van der Waals surface area contributed by atoms with Gasteiger partial charge >= 0.3 is 0 Å². The van der Waals surface area contributed by atoms with E-state index in [0.29, 0.717) is 45.1 Å². The van der Waals surface area contributed by atoms with Crippen LogP contribution < -0.4 is 24.8 Å². The number of rotatable bonds is 9. The molecule has 210 valence electrons. The summed E-state index contributed by atoms with van der Waals surface area (Å²) in [5.41, 5.74) is 2.21. The Morgan fingerprint density at radius 2 is 1.75 bits per heavy atom. The van der Waals surface area contributed by atoms with Crippen LogP contribution in [0.1, 0.15) is 38.3 Å². The number of halogens is 1. The molecule has 0 saturated carbocycles. The Morgan fingerprint density at radius 1 is 1.05 bits per heavy atom. The average molecular weight is 564 g/mol. The number of aromatic nitrogens is 1. The molecule has 0 bridgehead atoms. The predicted octanol–water partition coefficient (Wildman–Crippen LogP) is 6.35. The van der Waals surface area contributed by atoms with Gasteiger partial charge in [-0.05, 0) is 74.6 Å². The molecule has 3 aromatic rings. The number of nitrogens with one attached hydrogen (secondary N) is 2. The molecule has 1 atom stereocenters. The van der Waals surface area contributed by atoms with Crippen molar-refractivity contribution in [1.29, 1.82) is 0 Å². The number of benzene rings is 2. The van der Waals surface area contributed by atoms with Crippen molar-refractivity contribution in [2.24, 2.45) is 11.3 Å². The highest BCUT2D eigenvalue weighted by Gasteiger charge is 2.36. The molecule has 2 amide bonds. The van der Waals surface area contributed by atoms with Crippen LogP contribution in [-0.2, 0) is 16.2 Å². The molecular formula is C31H34ClN3O5. The minimum atomic E-state index is -1.33. The first-order valence-corrected chi connectivity index (χ1v) is 13.3. The van der Waals surface area contributed by atoms with Gasteiger partial charge < -0.3 is 24.8 Å². The normalized spacial score (nSPS) is 14.9. The number of hydrogen-bond donors (Lipinski definition) is 2. The van der Waals surface area contributed by atoms with E-state index in [4.69, 9.17) is 25.8 Å². The molecule has 0 unspecified atom stereocenters. The van der Waals surface area contributed by atoms with E-state index in [9.17, 15) is 9.59 Å². The van der Waals surface area contributed by atoms with Gasteiger partial charge in [0, 0.05) is 23.3 Å². The second kappa shape index (κ2) is 12.0. The number of aryl methyl sites for hydroxylation is 1. The van der Waals surface area contributed by atoms with Crippen molar-refractivity contribution in [3.8, 4) is 17.2 Å². The molecule has 1 aromatic heterocycles. The number of hydrogen-bond acceptors (Lipinski definition) is 6. The Hall–Kier alpha value is -4.04. The summed E-state index contributed by atoms with van der Waals surface area (Å²) < 4.78 is 17.0. The van der Waals surface area contributed by atoms with Crippen LogP contribution in [0.15, 0.2) is 60.5 Å². The molecule has 2 aromatic carbocycles. The molecule has 2 N–H and O–H groups in total. The Kier molecular flexibility index (Phi) is 8.69. The summed E-state index contributed by atoms with van der Waals surface area (Å²) in [5.74, 6) is 1.35. The molecule has 1 aliphatic rings. The number of pyridine rings is 1. The number of carbonyl (C=O) groups excluding carboxylic acids is 2. The quantitative estimate of drug-likeness (QED) is 0.294. The molecular weight excluding hydrogens is 530 g/mol. The van der Waals surface area contributed by atoms with E-state index in [1.165, 1.54) is 0 Å². The van der Waals surface area contributed by atoms with Crippen molar-refractivity contribution in [3.05, 3.63) is 76.6 Å². The van der Waals surface area contributed by atoms with Gasteiger partial charge in [-0.3, -0.25) is 14.6 Å². The SMILES string of the molecule is COc1cc2nccc(OCc3cc(Cl)c(NC(=O)C(C)(C)C(=O)NC4=CC[C@H](C)C=C4)cc3C)c2cc1OC. The summed E-state index contributed by atoms with van der Waals surface area (Å²) in [6.07, 6.45) is 8.36. The smallest absolute Gasteiger partial charge is 0.239 e. The van der Waals surface area contributed by atoms with Crippen molar-refractivity contribution >= 4 is 40.0 Å². The number of fused-ring (bicyclic) bond motifs is 1. The van der Waals surface area contributed by atoms with E-state index in [-0.39, 0.29) is 6.61 Å². The Balaban J connectivity index is 1.47. The summed E-state index contributed by atoms with van der Waals surface area (Å²) in [6.45, 7) is 7.41. The van der Waals surface area contributed by atoms with E-state index in [1.54, 1.807) is 58.5 Å². The van der Waals surface area contributed by atoms with Gasteiger partial charge in [0.15, 0.2) is 11.5 Å². The first kappa shape index (κ1) is 29.0. The van der Waals surface area contributed by atoms with Crippen LogP contribution >= 0.6 is 11.6 Å². The molecule has 1 aliphatic carbocycles. The lowest BCUT2D eigenvalue weighted by Crippen LogP contribution is -2.44. The zero-order chi connectivity index (χ0) is 29.0. The lowest BCUT2D eigenvalue weighted by molar-refractivity contribution is -0.137. The number of amides is 2. The summed E-state index contributed by atoms with van der Waals surface area (Å²) in [4.78, 5) is 30.5. The second-order valence-corrected chi connectivity index (χ2v) is 10.8. The highest BCUT2D eigenvalue weighted by molar-refractivity contribution is 6.34. The zero-order valence-corrected chi connectivity index (χ0v) is 24.3. The van der Waals surface area contributed by atoms with Gasteiger partial charge in [0.25, 0.3) is 0 Å². The first-order valence-electron chi connectivity index (χ1n) is 13.0. The third-order valence-corrected chi connectivity index (χ3v) is 7.28. The number of methoxy groups -OCH3 is 2. The van der Waals surface area contributed by atoms with Crippen molar-refractivity contribution in [2.75, 3.05) is 19.5 Å². The van der Waals surface area contributed by atoms with Gasteiger partial charge in [-0.15, -0.1) is 0 Å². The van der Waals surface area contributed by atoms with Gasteiger partial charge in [0.2, 0.25) is 11.8 Å². The molecule has 0 aliphatic heterocycles. The maximum Gasteiger partial charge on any atom is 0.239 e. The minimum absolute atomic E-state index is 0.238. The maximum absolute atomic E-state index is 13.1. The van der Waals surface area contributed by atoms with Crippen LogP contribution in [0, 0.1) is 18.3 Å². The summed E-state index contributed by atoms with van der Waals surface area (Å²) >= 11 is 6.56. The van der Waals surface area contributed by atoms with E-state index in [1.807, 2.05) is 31.2 Å². The summed E-state index contributed by atoms with van der Waals surface area (Å²) in [6, 6.07) is 8.94. The monoisotopic (exact) mass is 563 g/mol. The van der Waals surface area contributed by atoms with Gasteiger partial charge in [0.05, 0.1) is 30.4 Å². The van der Waals surface area contributed by atoms with Gasteiger partial charge in [-0.1, -0.05) is 30.7 Å². The second-order valence-electron chi connectivity index (χ2n) is 10.3. The first-order chi connectivity index (χ1) is 19.0. The van der Waals surface area contributed by atoms with Gasteiger partial charge in [-0.2, -0.15) is 0 Å². The molecule has 9 heteroatoms. The topological polar surface area (TPSA) is 98.8 Å². The fraction of sp³-hybridized carbons (Fsp3) is 0.323. The molecule has 40 heavy (non-hydrogen) atoms. The molecule has 0 radical (unpaired) electrons. The van der Waals surface area contributed by atoms with Crippen molar-refractivity contribution in [3.63, 3.8) is 0 Å². The fourth-order valence-electron chi connectivity index (χ4n) is 4.19. The summed E-state index contributed by atoms with van der Waals surface area (Å²) in [7, 11) is 3.15. The third-order valence-electron chi connectivity index (χ3n) is 6.97. The van der Waals surface area contributed by atoms with Crippen molar-refractivity contribution in [1.82, 2.24) is 10.3 Å². The Morgan fingerprint density at radius 3 is 2.42 bits per heavy atom. The summed E-state index contributed by atoms with van der Waals surface area (Å²) in [5, 5.41) is 6.79. The minimum Gasteiger partial charge on any atom is -0.493 e. The molecule has 0 fully saturated rings. The molecule has 8 nitrogen and oxygen atoms in total. The Labute approximate surface area is 239 Å². The van der Waals surface area contributed by atoms with E-state index in [2.05, 4.69) is 22.5 Å². The molecule has 4 rings (SSSR count). The number of ether oxygens (including phenoxy) is 3. The lowest BCUT2D eigenvalue weighted by Gasteiger charge is -2.24. The highest BCUT2D eigenvalue weighted by Crippen LogP contribution is 2.36. The van der Waals surface area contributed by atoms with Crippen LogP contribution in [-0.4, -0.2) is 31.0 Å². The lowest BCUT2D eigenvalue weighted by atomic mass is 9.90. The zero-order valence-electron chi connectivity index (χ0n) is 23.6. The molecule has 1 heterocycles. The van der Waals surface area contributed by atoms with Crippen molar-refractivity contribution in [2.45, 2.75) is 40.7 Å². The molecule has 0 saturated heterocycles. The highest BCUT2D eigenvalue weighted by atomic mass is 35.5. The van der Waals surface area contributed by atoms with Gasteiger partial charge in [0.1, 0.15) is 17.8 Å². The van der Waals surface area contributed by atoms with Crippen LogP contribution in [0.4, 0.5) is 5.69 Å². The predicted molar refractivity (Wildman–Crippen MR) is 157 cm³/mol. The van der Waals surface area contributed by atoms with E-state index in [0.717, 1.165) is 22.9 Å². The van der Waals surface area contributed by atoms with Crippen LogP contribution in [0.2, 0.25) is 5.02 Å². The van der Waals surface area contributed by atoms with Gasteiger partial charge in [-0.25, -0.2) is 0 Å². The van der Waals surface area contributed by atoms with E-state index < -0.39 is 17.2 Å². The third kappa shape index (κ3) is 6.23. The number of allylic oxidation sites excluding steroid dienone is 3. The van der Waals surface area contributed by atoms with E-state index >= 15 is 0 Å². The largest absolute Gasteiger partial charge is 0.493 e.